The number of nitrogens with zero attached hydrogens (tertiary/aromatic N) is 2. The average molecular weight is 281 g/mol. The predicted molar refractivity (Wildman–Crippen MR) is 71.6 cm³/mol. The molecular weight excluding hydrogens is 264 g/mol. The van der Waals surface area contributed by atoms with E-state index in [-0.39, 0.29) is 0 Å². The van der Waals surface area contributed by atoms with Crippen LogP contribution in [0.3, 0.4) is 0 Å². The van der Waals surface area contributed by atoms with Crippen molar-refractivity contribution in [3.05, 3.63) is 28.2 Å². The Labute approximate surface area is 106 Å². The van der Waals surface area contributed by atoms with E-state index in [0.29, 0.717) is 11.6 Å². The molecule has 0 aliphatic carbocycles. The Morgan fingerprint density at radius 3 is 2.56 bits per heavy atom. The molecule has 1 rings (SSSR count). The molecule has 0 fully saturated rings. The van der Waals surface area contributed by atoms with Crippen LogP contribution in [-0.2, 0) is 0 Å². The van der Waals surface area contributed by atoms with Crippen molar-refractivity contribution in [1.82, 2.24) is 0 Å². The van der Waals surface area contributed by atoms with E-state index in [9.17, 15) is 0 Å². The number of hydrogen-bond donors (Lipinski definition) is 0. The smallest absolute Gasteiger partial charge is 0.0992 e. The molecule has 0 aromatic heterocycles. The average Bonchev–Trinajstić information content (AvgIpc) is 2.29. The fourth-order valence-corrected chi connectivity index (χ4v) is 2.25. The van der Waals surface area contributed by atoms with Gasteiger partial charge >= 0.3 is 0 Å². The molecule has 3 heteroatoms. The maximum Gasteiger partial charge on any atom is 0.0992 e. The Kier molecular flexibility index (Phi) is 4.82. The van der Waals surface area contributed by atoms with Crippen molar-refractivity contribution in [3.63, 3.8) is 0 Å². The van der Waals surface area contributed by atoms with Crippen LogP contribution in [0, 0.1) is 11.3 Å². The van der Waals surface area contributed by atoms with Crippen LogP contribution >= 0.6 is 15.9 Å². The summed E-state index contributed by atoms with van der Waals surface area (Å²) >= 11 is 3.44. The molecule has 0 aliphatic heterocycles. The first-order chi connectivity index (χ1) is 7.62. The molecule has 0 saturated carbocycles. The normalized spacial score (nSPS) is 11.9. The van der Waals surface area contributed by atoms with Gasteiger partial charge in [0.15, 0.2) is 0 Å². The van der Waals surface area contributed by atoms with Crippen molar-refractivity contribution in [2.24, 2.45) is 0 Å². The molecule has 0 saturated heterocycles. The summed E-state index contributed by atoms with van der Waals surface area (Å²) in [5.74, 6) is 0. The number of nitriles is 1. The van der Waals surface area contributed by atoms with Gasteiger partial charge in [-0.25, -0.2) is 0 Å². The second-order valence-electron chi connectivity index (χ2n) is 3.85. The first-order valence-corrected chi connectivity index (χ1v) is 6.39. The van der Waals surface area contributed by atoms with Crippen LogP contribution in [0.5, 0.6) is 0 Å². The maximum absolute atomic E-state index is 8.95. The first-order valence-electron chi connectivity index (χ1n) is 5.59. The fraction of sp³-hybridized carbons (Fsp3) is 0.462. The molecule has 1 aromatic rings. The number of halogens is 1. The van der Waals surface area contributed by atoms with Gasteiger partial charge in [-0.15, -0.1) is 0 Å². The molecule has 2 nitrogen and oxygen atoms in total. The van der Waals surface area contributed by atoms with Gasteiger partial charge in [0.05, 0.1) is 11.6 Å². The Balaban J connectivity index is 3.10. The van der Waals surface area contributed by atoms with E-state index in [1.165, 1.54) is 0 Å². The zero-order chi connectivity index (χ0) is 12.1. The number of hydrogen-bond acceptors (Lipinski definition) is 2. The lowest BCUT2D eigenvalue weighted by molar-refractivity contribution is 0.630. The second-order valence-corrected chi connectivity index (χ2v) is 4.77. The summed E-state index contributed by atoms with van der Waals surface area (Å²) in [6.45, 7) is 7.47. The summed E-state index contributed by atoms with van der Waals surface area (Å²) in [7, 11) is 0. The molecule has 16 heavy (non-hydrogen) atoms. The van der Waals surface area contributed by atoms with Crippen molar-refractivity contribution in [2.75, 3.05) is 11.4 Å². The van der Waals surface area contributed by atoms with E-state index in [2.05, 4.69) is 53.7 Å². The summed E-state index contributed by atoms with van der Waals surface area (Å²) in [5.41, 5.74) is 1.81. The van der Waals surface area contributed by atoms with E-state index in [4.69, 9.17) is 5.26 Å². The summed E-state index contributed by atoms with van der Waals surface area (Å²) in [5, 5.41) is 8.95. The first kappa shape index (κ1) is 13.1. The summed E-state index contributed by atoms with van der Waals surface area (Å²) in [4.78, 5) is 2.31. The summed E-state index contributed by atoms with van der Waals surface area (Å²) < 4.78 is 0.961. The Morgan fingerprint density at radius 2 is 2.06 bits per heavy atom. The van der Waals surface area contributed by atoms with Crippen molar-refractivity contribution in [3.8, 4) is 6.07 Å². The predicted octanol–water partition coefficient (Wildman–Crippen LogP) is 3.95. The van der Waals surface area contributed by atoms with Crippen molar-refractivity contribution in [2.45, 2.75) is 33.2 Å². The van der Waals surface area contributed by atoms with E-state index in [1.807, 2.05) is 12.1 Å². The molecule has 0 aliphatic rings. The zero-order valence-electron chi connectivity index (χ0n) is 10.00. The Bertz CT molecular complexity index is 395. The standard InChI is InChI=1S/C13H17BrN2/c1-4-10(3)16(5-2)13-7-11(9-15)6-12(14)8-13/h6-8,10H,4-5H2,1-3H3. The van der Waals surface area contributed by atoms with E-state index < -0.39 is 0 Å². The molecule has 0 N–H and O–H groups in total. The Morgan fingerprint density at radius 1 is 1.38 bits per heavy atom. The number of anilines is 1. The molecular formula is C13H17BrN2. The van der Waals surface area contributed by atoms with E-state index >= 15 is 0 Å². The van der Waals surface area contributed by atoms with Crippen molar-refractivity contribution < 1.29 is 0 Å². The molecule has 0 bridgehead atoms. The van der Waals surface area contributed by atoms with Crippen LogP contribution in [0.2, 0.25) is 0 Å². The van der Waals surface area contributed by atoms with Crippen molar-refractivity contribution >= 4 is 21.6 Å². The molecule has 0 spiro atoms. The number of benzene rings is 1. The zero-order valence-corrected chi connectivity index (χ0v) is 11.6. The lowest BCUT2D eigenvalue weighted by Crippen LogP contribution is -2.32. The molecule has 1 aromatic carbocycles. The largest absolute Gasteiger partial charge is 0.369 e. The van der Waals surface area contributed by atoms with Gasteiger partial charge in [0.2, 0.25) is 0 Å². The van der Waals surface area contributed by atoms with Gasteiger partial charge in [-0.2, -0.15) is 5.26 Å². The maximum atomic E-state index is 8.95. The van der Waals surface area contributed by atoms with Gasteiger partial charge in [-0.1, -0.05) is 22.9 Å². The summed E-state index contributed by atoms with van der Waals surface area (Å²) in [6.07, 6.45) is 1.10. The van der Waals surface area contributed by atoms with Crippen LogP contribution < -0.4 is 4.90 Å². The lowest BCUT2D eigenvalue weighted by atomic mass is 10.1. The van der Waals surface area contributed by atoms with Crippen molar-refractivity contribution in [1.29, 1.82) is 5.26 Å². The molecule has 86 valence electrons. The third kappa shape index (κ3) is 2.99. The SMILES string of the molecule is CCC(C)N(CC)c1cc(Br)cc(C#N)c1. The quantitative estimate of drug-likeness (QED) is 0.835. The molecule has 1 unspecified atom stereocenters. The summed E-state index contributed by atoms with van der Waals surface area (Å²) in [6, 6.07) is 8.53. The van der Waals surface area contributed by atoms with Gasteiger partial charge in [-0.3, -0.25) is 0 Å². The van der Waals surface area contributed by atoms with Gasteiger partial charge in [0, 0.05) is 22.7 Å². The minimum atomic E-state index is 0.492. The lowest BCUT2D eigenvalue weighted by Gasteiger charge is -2.29. The highest BCUT2D eigenvalue weighted by Gasteiger charge is 2.12. The highest BCUT2D eigenvalue weighted by atomic mass is 79.9. The third-order valence-electron chi connectivity index (χ3n) is 2.81. The monoisotopic (exact) mass is 280 g/mol. The minimum Gasteiger partial charge on any atom is -0.369 e. The highest BCUT2D eigenvalue weighted by Crippen LogP contribution is 2.24. The molecule has 0 radical (unpaired) electrons. The van der Waals surface area contributed by atoms with Crippen LogP contribution in [0.1, 0.15) is 32.8 Å². The molecule has 1 atom stereocenters. The van der Waals surface area contributed by atoms with E-state index in [1.54, 1.807) is 0 Å². The van der Waals surface area contributed by atoms with Gasteiger partial charge < -0.3 is 4.90 Å². The van der Waals surface area contributed by atoms with Crippen LogP contribution in [0.4, 0.5) is 5.69 Å². The van der Waals surface area contributed by atoms with E-state index in [0.717, 1.165) is 23.1 Å². The molecule has 0 heterocycles. The van der Waals surface area contributed by atoms with Gasteiger partial charge in [0.1, 0.15) is 0 Å². The van der Waals surface area contributed by atoms with Crippen LogP contribution in [0.15, 0.2) is 22.7 Å². The topological polar surface area (TPSA) is 27.0 Å². The second kappa shape index (κ2) is 5.91. The minimum absolute atomic E-state index is 0.492. The molecule has 0 amide bonds. The third-order valence-corrected chi connectivity index (χ3v) is 3.26. The van der Waals surface area contributed by atoms with Crippen LogP contribution in [0.25, 0.3) is 0 Å². The van der Waals surface area contributed by atoms with Crippen LogP contribution in [-0.4, -0.2) is 12.6 Å². The Hall–Kier alpha value is -1.01. The highest BCUT2D eigenvalue weighted by molar-refractivity contribution is 9.10. The van der Waals surface area contributed by atoms with Gasteiger partial charge in [-0.05, 0) is 38.5 Å². The fourth-order valence-electron chi connectivity index (χ4n) is 1.77. The van der Waals surface area contributed by atoms with Gasteiger partial charge in [0.25, 0.3) is 0 Å². The number of rotatable bonds is 4.